The number of thiophene rings is 1. The van der Waals surface area contributed by atoms with Gasteiger partial charge in [-0.1, -0.05) is 12.5 Å². The molecule has 0 N–H and O–H groups in total. The molecule has 2 aliphatic rings. The molecular formula is C13H20N2O2S2. The van der Waals surface area contributed by atoms with Gasteiger partial charge in [0.1, 0.15) is 0 Å². The van der Waals surface area contributed by atoms with E-state index < -0.39 is 10.2 Å². The maximum Gasteiger partial charge on any atom is 0.282 e. The number of nitrogens with zero attached hydrogens (tertiary/aromatic N) is 2. The van der Waals surface area contributed by atoms with E-state index in [9.17, 15) is 8.42 Å². The minimum atomic E-state index is -3.26. The molecule has 2 aliphatic heterocycles. The highest BCUT2D eigenvalue weighted by Gasteiger charge is 2.39. The van der Waals surface area contributed by atoms with Gasteiger partial charge in [-0.3, -0.25) is 0 Å². The molecule has 2 saturated heterocycles. The molecule has 0 aromatic carbocycles. The summed E-state index contributed by atoms with van der Waals surface area (Å²) in [6, 6.07) is 4.12. The van der Waals surface area contributed by atoms with Crippen LogP contribution < -0.4 is 0 Å². The number of rotatable bonds is 3. The van der Waals surface area contributed by atoms with Crippen LogP contribution in [0.5, 0.6) is 0 Å². The molecular weight excluding hydrogens is 280 g/mol. The molecule has 6 heteroatoms. The molecule has 19 heavy (non-hydrogen) atoms. The highest BCUT2D eigenvalue weighted by molar-refractivity contribution is 7.86. The van der Waals surface area contributed by atoms with Gasteiger partial charge in [-0.2, -0.15) is 17.0 Å². The average Bonchev–Trinajstić information content (AvgIpc) is 3.10. The second-order valence-electron chi connectivity index (χ2n) is 5.25. The fraction of sp³-hybridized carbons (Fsp3) is 0.692. The van der Waals surface area contributed by atoms with Crippen LogP contribution in [0.3, 0.4) is 0 Å². The molecule has 2 fully saturated rings. The van der Waals surface area contributed by atoms with E-state index in [1.807, 2.05) is 11.4 Å². The van der Waals surface area contributed by atoms with E-state index in [-0.39, 0.29) is 6.04 Å². The molecule has 3 rings (SSSR count). The van der Waals surface area contributed by atoms with Crippen molar-refractivity contribution in [1.82, 2.24) is 8.61 Å². The molecule has 4 nitrogen and oxygen atoms in total. The van der Waals surface area contributed by atoms with E-state index in [0.717, 1.165) is 32.1 Å². The summed E-state index contributed by atoms with van der Waals surface area (Å²) in [5.74, 6) is 0. The second kappa shape index (κ2) is 5.52. The first-order chi connectivity index (χ1) is 9.19. The highest BCUT2D eigenvalue weighted by Crippen LogP contribution is 2.37. The monoisotopic (exact) mass is 300 g/mol. The van der Waals surface area contributed by atoms with Gasteiger partial charge in [-0.05, 0) is 37.1 Å². The Morgan fingerprint density at radius 2 is 1.89 bits per heavy atom. The van der Waals surface area contributed by atoms with Crippen LogP contribution in [-0.2, 0) is 10.2 Å². The quantitative estimate of drug-likeness (QED) is 0.861. The van der Waals surface area contributed by atoms with Crippen molar-refractivity contribution in [2.45, 2.75) is 38.1 Å². The number of piperidine rings is 1. The number of hydrogen-bond donors (Lipinski definition) is 0. The summed E-state index contributed by atoms with van der Waals surface area (Å²) in [4.78, 5) is 1.18. The Kier molecular flexibility index (Phi) is 3.93. The normalized spacial score (nSPS) is 26.8. The molecule has 0 aliphatic carbocycles. The molecule has 3 heterocycles. The summed E-state index contributed by atoms with van der Waals surface area (Å²) in [6.07, 6.45) is 5.07. The zero-order valence-corrected chi connectivity index (χ0v) is 12.6. The standard InChI is InChI=1S/C13H20N2O2S2/c16-19(17,14-8-2-1-3-9-14)15-10-4-6-12(15)13-7-5-11-18-13/h5,7,11-12H,1-4,6,8-10H2. The van der Waals surface area contributed by atoms with Gasteiger partial charge in [-0.25, -0.2) is 0 Å². The molecule has 0 amide bonds. The maximum absolute atomic E-state index is 12.7. The first-order valence-electron chi connectivity index (χ1n) is 7.00. The molecule has 0 radical (unpaired) electrons. The van der Waals surface area contributed by atoms with Crippen molar-refractivity contribution in [3.05, 3.63) is 22.4 Å². The average molecular weight is 300 g/mol. The SMILES string of the molecule is O=S(=O)(N1CCCCC1)N1CCCC1c1cccs1. The minimum Gasteiger partial charge on any atom is -0.195 e. The first kappa shape index (κ1) is 13.5. The van der Waals surface area contributed by atoms with Crippen LogP contribution in [0.2, 0.25) is 0 Å². The van der Waals surface area contributed by atoms with Gasteiger partial charge in [-0.15, -0.1) is 11.3 Å². The van der Waals surface area contributed by atoms with Crippen LogP contribution >= 0.6 is 11.3 Å². The Bertz CT molecular complexity index is 507. The second-order valence-corrected chi connectivity index (χ2v) is 8.11. The lowest BCUT2D eigenvalue weighted by molar-refractivity contribution is 0.297. The summed E-state index contributed by atoms with van der Waals surface area (Å²) in [7, 11) is -3.26. The lowest BCUT2D eigenvalue weighted by atomic mass is 10.2. The third-order valence-electron chi connectivity index (χ3n) is 4.01. The largest absolute Gasteiger partial charge is 0.282 e. The Labute approximate surface area is 119 Å². The van der Waals surface area contributed by atoms with Crippen LogP contribution in [0.15, 0.2) is 17.5 Å². The number of hydrogen-bond acceptors (Lipinski definition) is 3. The molecule has 1 atom stereocenters. The van der Waals surface area contributed by atoms with Gasteiger partial charge in [0.2, 0.25) is 0 Å². The van der Waals surface area contributed by atoms with Gasteiger partial charge in [0.05, 0.1) is 6.04 Å². The Morgan fingerprint density at radius 3 is 2.58 bits per heavy atom. The smallest absolute Gasteiger partial charge is 0.195 e. The predicted molar refractivity (Wildman–Crippen MR) is 77.3 cm³/mol. The summed E-state index contributed by atoms with van der Waals surface area (Å²) in [5.41, 5.74) is 0. The van der Waals surface area contributed by atoms with Crippen molar-refractivity contribution >= 4 is 21.5 Å². The fourth-order valence-corrected chi connectivity index (χ4v) is 5.88. The van der Waals surface area contributed by atoms with Gasteiger partial charge in [0.15, 0.2) is 0 Å². The van der Waals surface area contributed by atoms with Crippen molar-refractivity contribution in [3.8, 4) is 0 Å². The molecule has 1 unspecified atom stereocenters. The van der Waals surface area contributed by atoms with E-state index in [2.05, 4.69) is 6.07 Å². The van der Waals surface area contributed by atoms with E-state index in [4.69, 9.17) is 0 Å². The van der Waals surface area contributed by atoms with Gasteiger partial charge in [0, 0.05) is 24.5 Å². The molecule has 1 aromatic rings. The molecule has 0 saturated carbocycles. The zero-order chi connectivity index (χ0) is 13.3. The lowest BCUT2D eigenvalue weighted by Gasteiger charge is -2.32. The highest BCUT2D eigenvalue weighted by atomic mass is 32.2. The first-order valence-corrected chi connectivity index (χ1v) is 9.27. The Balaban J connectivity index is 1.83. The Hall–Kier alpha value is -0.430. The zero-order valence-electron chi connectivity index (χ0n) is 11.0. The van der Waals surface area contributed by atoms with Gasteiger partial charge >= 0.3 is 0 Å². The summed E-state index contributed by atoms with van der Waals surface area (Å²) in [5, 5.41) is 2.03. The summed E-state index contributed by atoms with van der Waals surface area (Å²) >= 11 is 1.66. The minimum absolute atomic E-state index is 0.0620. The maximum atomic E-state index is 12.7. The van der Waals surface area contributed by atoms with Crippen molar-refractivity contribution in [3.63, 3.8) is 0 Å². The predicted octanol–water partition coefficient (Wildman–Crippen LogP) is 2.62. The third kappa shape index (κ3) is 2.59. The molecule has 106 valence electrons. The molecule has 1 aromatic heterocycles. The van der Waals surface area contributed by atoms with E-state index >= 15 is 0 Å². The van der Waals surface area contributed by atoms with Gasteiger partial charge < -0.3 is 0 Å². The van der Waals surface area contributed by atoms with Crippen LogP contribution in [0.1, 0.15) is 43.0 Å². The van der Waals surface area contributed by atoms with Crippen LogP contribution in [0, 0.1) is 0 Å². The van der Waals surface area contributed by atoms with Crippen LogP contribution in [0.25, 0.3) is 0 Å². The van der Waals surface area contributed by atoms with E-state index in [0.29, 0.717) is 19.6 Å². The lowest BCUT2D eigenvalue weighted by Crippen LogP contribution is -2.45. The van der Waals surface area contributed by atoms with Crippen molar-refractivity contribution in [2.75, 3.05) is 19.6 Å². The third-order valence-corrected chi connectivity index (χ3v) is 7.03. The van der Waals surface area contributed by atoms with Crippen molar-refractivity contribution in [2.24, 2.45) is 0 Å². The topological polar surface area (TPSA) is 40.6 Å². The van der Waals surface area contributed by atoms with Crippen molar-refractivity contribution < 1.29 is 8.42 Å². The fourth-order valence-electron chi connectivity index (χ4n) is 3.03. The summed E-state index contributed by atoms with van der Waals surface area (Å²) in [6.45, 7) is 2.05. The van der Waals surface area contributed by atoms with Crippen LogP contribution in [0.4, 0.5) is 0 Å². The van der Waals surface area contributed by atoms with Crippen LogP contribution in [-0.4, -0.2) is 36.7 Å². The van der Waals surface area contributed by atoms with Crippen molar-refractivity contribution in [1.29, 1.82) is 0 Å². The molecule has 0 bridgehead atoms. The van der Waals surface area contributed by atoms with Gasteiger partial charge in [0.25, 0.3) is 10.2 Å². The Morgan fingerprint density at radius 1 is 1.11 bits per heavy atom. The summed E-state index contributed by atoms with van der Waals surface area (Å²) < 4.78 is 28.9. The van der Waals surface area contributed by atoms with E-state index in [1.54, 1.807) is 19.9 Å². The van der Waals surface area contributed by atoms with E-state index in [1.165, 1.54) is 4.88 Å². The molecule has 0 spiro atoms.